The SMILES string of the molecule is COc1cccc(C(=O)NN(C(=O)c2ccc(C=O)c(B(O)O)c2)C(C)(C)C)c1C.COc1cccc(C(=O)NN(C(=O)c2ccc3c(c2)B(O)N(S(=O)(=O)c2ccc(C)cc2)N=C3)C(C)(C)C)c1C.Cc1ccc(S(=O)(=O)NN)cc1. The van der Waals surface area contributed by atoms with Crippen LogP contribution in [0.3, 0.4) is 0 Å². The molecule has 1 heterocycles. The first-order chi connectivity index (χ1) is 38.3. The summed E-state index contributed by atoms with van der Waals surface area (Å²) in [7, 11) is -8.24. The summed E-state index contributed by atoms with van der Waals surface area (Å²) in [5.41, 5.74) is 8.34. The predicted molar refractivity (Wildman–Crippen MR) is 311 cm³/mol. The van der Waals surface area contributed by atoms with Crippen molar-refractivity contribution in [1.29, 1.82) is 0 Å². The Morgan fingerprint density at radius 3 is 1.51 bits per heavy atom. The number of nitrogens with two attached hydrogens (primary N) is 1. The highest BCUT2D eigenvalue weighted by molar-refractivity contribution is 7.90. The predicted octanol–water partition coefficient (Wildman–Crippen LogP) is 3.85. The molecule has 0 aromatic heterocycles. The molecule has 82 heavy (non-hydrogen) atoms. The van der Waals surface area contributed by atoms with E-state index in [1.54, 1.807) is 127 Å². The topological polar surface area (TPSA) is 317 Å². The third kappa shape index (κ3) is 15.2. The third-order valence-electron chi connectivity index (χ3n) is 12.6. The fourth-order valence-corrected chi connectivity index (χ4v) is 9.85. The van der Waals surface area contributed by atoms with Crippen molar-refractivity contribution in [3.05, 3.63) is 177 Å². The number of rotatable bonds is 12. The number of fused-ring (bicyclic) bond motifs is 1. The molecule has 1 aliphatic rings. The lowest BCUT2D eigenvalue weighted by Gasteiger charge is -2.36. The standard InChI is InChI=1S/C28H31BN4O6S.C21H25BN2O6.C7H10N2O2S/c1-18-10-14-22(15-11-18)40(37,38)33-29(36)24-16-20(12-13-21(24)17-30-33)27(35)32(28(3,4)5)31-26(34)23-8-7-9-25(39-6)19(23)2;1-13-16(7-6-8-18(13)30-5)19(26)23-24(21(2,3)4)20(27)14-9-10-15(12-25)17(11-14)22(28)29;1-6-2-4-7(5-3-6)12(10,11)9-8/h7-17,36H,1-6H3,(H,31,34);6-12,28-29H,1-5H3,(H,23,26);2-5,9H,8H2,1H3. The van der Waals surface area contributed by atoms with Crippen LogP contribution in [-0.2, 0) is 20.0 Å². The van der Waals surface area contributed by atoms with Gasteiger partial charge >= 0.3 is 14.2 Å². The van der Waals surface area contributed by atoms with Crippen LogP contribution in [0.2, 0.25) is 0 Å². The van der Waals surface area contributed by atoms with E-state index in [9.17, 15) is 55.9 Å². The van der Waals surface area contributed by atoms with Crippen LogP contribution < -0.4 is 41.9 Å². The lowest BCUT2D eigenvalue weighted by atomic mass is 9.71. The first-order valence-corrected chi connectivity index (χ1v) is 28.0. The van der Waals surface area contributed by atoms with Gasteiger partial charge < -0.3 is 24.5 Å². The molecule has 1 aliphatic heterocycles. The number of nitrogens with one attached hydrogen (secondary N) is 3. The monoisotopic (exact) mass is 1160 g/mol. The summed E-state index contributed by atoms with van der Waals surface area (Å²) in [5.74, 6) is 3.80. The van der Waals surface area contributed by atoms with Gasteiger partial charge in [0.05, 0.1) is 41.3 Å². The second-order valence-electron chi connectivity index (χ2n) is 20.6. The highest BCUT2D eigenvalue weighted by atomic mass is 32.2. The molecular formula is C56H66B2N8O14S2. The van der Waals surface area contributed by atoms with Gasteiger partial charge in [-0.25, -0.2) is 26.9 Å². The number of hydrogen-bond donors (Lipinski definition) is 7. The van der Waals surface area contributed by atoms with E-state index in [1.165, 1.54) is 80.0 Å². The van der Waals surface area contributed by atoms with Gasteiger partial charge in [0, 0.05) is 38.9 Å². The lowest BCUT2D eigenvalue weighted by molar-refractivity contribution is 0.0357. The van der Waals surface area contributed by atoms with Crippen LogP contribution in [0.15, 0.2) is 136 Å². The van der Waals surface area contributed by atoms with Gasteiger partial charge in [-0.05, 0) is 159 Å². The summed E-state index contributed by atoms with van der Waals surface area (Å²) in [6.07, 6.45) is 1.79. The average Bonchev–Trinajstić information content (AvgIpc) is 3.45. The Morgan fingerprint density at radius 2 is 1.10 bits per heavy atom. The third-order valence-corrected chi connectivity index (χ3v) is 15.5. The normalized spacial score (nSPS) is 12.0. The Hall–Kier alpha value is -8.23. The summed E-state index contributed by atoms with van der Waals surface area (Å²) in [6.45, 7) is 17.7. The zero-order valence-corrected chi connectivity index (χ0v) is 49.0. The quantitative estimate of drug-likeness (QED) is 0.0396. The molecule has 0 unspecified atom stereocenters. The number of hydrogen-bond acceptors (Lipinski definition) is 16. The molecular weight excluding hydrogens is 1090 g/mol. The summed E-state index contributed by atoms with van der Waals surface area (Å²) in [4.78, 5) is 66.1. The van der Waals surface area contributed by atoms with Crippen molar-refractivity contribution in [2.75, 3.05) is 14.2 Å². The molecule has 0 saturated heterocycles. The molecule has 6 aromatic carbocycles. The molecule has 0 spiro atoms. The number of methoxy groups -OCH3 is 2. The zero-order chi connectivity index (χ0) is 61.2. The maximum Gasteiger partial charge on any atom is 0.489 e. The molecule has 432 valence electrons. The molecule has 0 radical (unpaired) electrons. The van der Waals surface area contributed by atoms with Crippen molar-refractivity contribution < 1.29 is 65.4 Å². The van der Waals surface area contributed by atoms with E-state index >= 15 is 0 Å². The van der Waals surface area contributed by atoms with E-state index in [2.05, 4.69) is 16.0 Å². The Kier molecular flexibility index (Phi) is 20.9. The fraction of sp³-hybridized carbons (Fsp3) is 0.250. The maximum absolute atomic E-state index is 13.7. The van der Waals surface area contributed by atoms with E-state index in [4.69, 9.17) is 15.3 Å². The molecule has 0 aliphatic carbocycles. The van der Waals surface area contributed by atoms with Gasteiger partial charge in [-0.1, -0.05) is 59.7 Å². The molecule has 0 saturated carbocycles. The number of benzene rings is 6. The number of nitrogens with zero attached hydrogens (tertiary/aromatic N) is 4. The van der Waals surface area contributed by atoms with Crippen LogP contribution in [-0.4, -0.2) is 122 Å². The summed E-state index contributed by atoms with van der Waals surface area (Å²) >= 11 is 0. The van der Waals surface area contributed by atoms with Crippen molar-refractivity contribution in [2.45, 2.75) is 90.1 Å². The van der Waals surface area contributed by atoms with Crippen molar-refractivity contribution in [1.82, 2.24) is 30.0 Å². The van der Waals surface area contributed by atoms with Crippen LogP contribution in [0, 0.1) is 27.7 Å². The maximum atomic E-state index is 13.7. The number of hydrazine groups is 3. The average molecular weight is 1160 g/mol. The van der Waals surface area contributed by atoms with E-state index < -0.39 is 68.9 Å². The Morgan fingerprint density at radius 1 is 0.659 bits per heavy atom. The highest BCUT2D eigenvalue weighted by Gasteiger charge is 2.40. The Labute approximate surface area is 478 Å². The number of ether oxygens (including phenoxy) is 2. The minimum atomic E-state index is -4.18. The Bertz CT molecular complexity index is 3610. The van der Waals surface area contributed by atoms with Crippen LogP contribution in [0.1, 0.15) is 121 Å². The van der Waals surface area contributed by atoms with Crippen LogP contribution in [0.25, 0.3) is 0 Å². The number of amides is 4. The van der Waals surface area contributed by atoms with Gasteiger partial charge in [0.15, 0.2) is 0 Å². The summed E-state index contributed by atoms with van der Waals surface area (Å²) in [6, 6.07) is 31.2. The second-order valence-corrected chi connectivity index (χ2v) is 24.1. The molecule has 4 amide bonds. The van der Waals surface area contributed by atoms with E-state index in [0.29, 0.717) is 49.9 Å². The van der Waals surface area contributed by atoms with Crippen molar-refractivity contribution in [3.8, 4) is 11.5 Å². The molecule has 8 N–H and O–H groups in total. The van der Waals surface area contributed by atoms with Gasteiger partial charge in [0.25, 0.3) is 43.7 Å². The largest absolute Gasteiger partial charge is 0.496 e. The number of hydrazone groups is 1. The fourth-order valence-electron chi connectivity index (χ4n) is 7.98. The molecule has 0 fully saturated rings. The van der Waals surface area contributed by atoms with Gasteiger partial charge in [-0.15, -0.1) is 0 Å². The van der Waals surface area contributed by atoms with Gasteiger partial charge in [-0.3, -0.25) is 40.7 Å². The first-order valence-electron chi connectivity index (χ1n) is 25.1. The van der Waals surface area contributed by atoms with E-state index in [-0.39, 0.29) is 37.4 Å². The van der Waals surface area contributed by atoms with Crippen LogP contribution in [0.5, 0.6) is 11.5 Å². The lowest BCUT2D eigenvalue weighted by Crippen LogP contribution is -2.56. The van der Waals surface area contributed by atoms with E-state index in [0.717, 1.165) is 16.1 Å². The molecule has 26 heteroatoms. The van der Waals surface area contributed by atoms with Crippen molar-refractivity contribution in [2.24, 2.45) is 10.9 Å². The van der Waals surface area contributed by atoms with Crippen LogP contribution in [0.4, 0.5) is 0 Å². The number of sulfonamides is 2. The molecule has 7 rings (SSSR count). The molecule has 0 atom stereocenters. The van der Waals surface area contributed by atoms with Crippen molar-refractivity contribution >= 4 is 81.3 Å². The molecule has 6 aromatic rings. The second kappa shape index (κ2) is 26.6. The first kappa shape index (κ1) is 64.6. The number of aldehydes is 1. The van der Waals surface area contributed by atoms with Crippen molar-refractivity contribution in [3.63, 3.8) is 0 Å². The number of carbonyl (C=O) groups is 5. The zero-order valence-electron chi connectivity index (χ0n) is 47.4. The molecule has 0 bridgehead atoms. The number of carbonyl (C=O) groups excluding carboxylic acids is 5. The minimum absolute atomic E-state index is 0.0283. The number of aryl methyl sites for hydroxylation is 2. The highest BCUT2D eigenvalue weighted by Crippen LogP contribution is 2.26. The molecule has 22 nitrogen and oxygen atoms in total. The minimum Gasteiger partial charge on any atom is -0.496 e. The summed E-state index contributed by atoms with van der Waals surface area (Å²) < 4.78 is 59.8. The smallest absolute Gasteiger partial charge is 0.489 e. The van der Waals surface area contributed by atoms with Gasteiger partial charge in [-0.2, -0.15) is 14.3 Å². The van der Waals surface area contributed by atoms with Crippen LogP contribution >= 0.6 is 0 Å². The Balaban J connectivity index is 0.000000257. The van der Waals surface area contributed by atoms with Gasteiger partial charge in [0.1, 0.15) is 17.8 Å². The summed E-state index contributed by atoms with van der Waals surface area (Å²) in [5, 5.41) is 36.4. The van der Waals surface area contributed by atoms with Gasteiger partial charge in [0.2, 0.25) is 0 Å². The van der Waals surface area contributed by atoms with E-state index in [1.807, 2.05) is 13.8 Å².